The number of nitrogens with zero attached hydrogens (tertiary/aromatic N) is 3. The van der Waals surface area contributed by atoms with E-state index in [-0.39, 0.29) is 18.0 Å². The molecule has 2 aliphatic rings. The van der Waals surface area contributed by atoms with Crippen LogP contribution in [0.1, 0.15) is 37.4 Å². The number of fused-ring (bicyclic) bond motifs is 1. The van der Waals surface area contributed by atoms with Crippen LogP contribution in [0.5, 0.6) is 11.5 Å². The van der Waals surface area contributed by atoms with Gasteiger partial charge in [0.05, 0.1) is 12.4 Å². The van der Waals surface area contributed by atoms with Crippen molar-refractivity contribution in [3.8, 4) is 11.5 Å². The highest BCUT2D eigenvalue weighted by atomic mass is 16.6. The van der Waals surface area contributed by atoms with Gasteiger partial charge in [-0.2, -0.15) is 0 Å². The molecular formula is C18H21N3O3. The van der Waals surface area contributed by atoms with E-state index in [1.807, 2.05) is 40.8 Å². The van der Waals surface area contributed by atoms with Crippen LogP contribution in [-0.4, -0.2) is 40.1 Å². The quantitative estimate of drug-likeness (QED) is 0.869. The van der Waals surface area contributed by atoms with Crippen LogP contribution < -0.4 is 9.47 Å². The topological polar surface area (TPSA) is 56.6 Å². The monoisotopic (exact) mass is 327 g/mol. The minimum Gasteiger partial charge on any atom is -0.486 e. The normalized spacial score (nSPS) is 20.9. The molecule has 2 atom stereocenters. The molecular weight excluding hydrogens is 306 g/mol. The van der Waals surface area contributed by atoms with E-state index >= 15 is 0 Å². The molecule has 4 rings (SSSR count). The van der Waals surface area contributed by atoms with Crippen LogP contribution in [0.4, 0.5) is 0 Å². The summed E-state index contributed by atoms with van der Waals surface area (Å²) >= 11 is 0. The number of benzene rings is 1. The molecule has 1 amide bonds. The molecule has 1 aromatic carbocycles. The summed E-state index contributed by atoms with van der Waals surface area (Å²) in [7, 11) is 0. The van der Waals surface area contributed by atoms with Crippen molar-refractivity contribution in [3.05, 3.63) is 42.5 Å². The van der Waals surface area contributed by atoms with Crippen molar-refractivity contribution in [2.24, 2.45) is 0 Å². The number of imidazole rings is 1. The van der Waals surface area contributed by atoms with Gasteiger partial charge in [-0.15, -0.1) is 0 Å². The molecule has 2 aromatic rings. The molecule has 0 saturated carbocycles. The minimum absolute atomic E-state index is 0.0966. The third kappa shape index (κ3) is 2.62. The molecule has 6 nitrogen and oxygen atoms in total. The van der Waals surface area contributed by atoms with Crippen molar-refractivity contribution in [1.82, 2.24) is 14.5 Å². The van der Waals surface area contributed by atoms with Gasteiger partial charge < -0.3 is 18.9 Å². The zero-order valence-corrected chi connectivity index (χ0v) is 13.7. The smallest absolute Gasteiger partial charge is 0.245 e. The Balaban J connectivity index is 1.57. The Kier molecular flexibility index (Phi) is 3.88. The van der Waals surface area contributed by atoms with E-state index in [1.165, 1.54) is 0 Å². The van der Waals surface area contributed by atoms with Crippen LogP contribution in [0.3, 0.4) is 0 Å². The second-order valence-electron chi connectivity index (χ2n) is 6.28. The van der Waals surface area contributed by atoms with E-state index in [9.17, 15) is 4.79 Å². The molecule has 6 heteroatoms. The van der Waals surface area contributed by atoms with Gasteiger partial charge in [-0.25, -0.2) is 4.98 Å². The maximum atomic E-state index is 12.9. The zero-order valence-electron chi connectivity index (χ0n) is 13.7. The largest absolute Gasteiger partial charge is 0.486 e. The van der Waals surface area contributed by atoms with E-state index in [4.69, 9.17) is 9.47 Å². The van der Waals surface area contributed by atoms with Crippen molar-refractivity contribution in [3.63, 3.8) is 0 Å². The molecule has 1 fully saturated rings. The molecule has 0 radical (unpaired) electrons. The SMILES string of the molecule is C[C@H](C(=O)N1CCC[C@H]1c1ccc2c(c1)OCCO2)n1ccnc1. The van der Waals surface area contributed by atoms with Crippen LogP contribution in [-0.2, 0) is 4.79 Å². The fraction of sp³-hybridized carbons (Fsp3) is 0.444. The van der Waals surface area contributed by atoms with Gasteiger partial charge in [-0.3, -0.25) is 4.79 Å². The number of amides is 1. The van der Waals surface area contributed by atoms with Crippen LogP contribution in [0.25, 0.3) is 0 Å². The number of carbonyl (C=O) groups excluding carboxylic acids is 1. The van der Waals surface area contributed by atoms with Crippen LogP contribution in [0.15, 0.2) is 36.9 Å². The summed E-state index contributed by atoms with van der Waals surface area (Å²) in [4.78, 5) is 19.0. The molecule has 3 heterocycles. The summed E-state index contributed by atoms with van der Waals surface area (Å²) in [6, 6.07) is 5.87. The number of carbonyl (C=O) groups is 1. The Morgan fingerprint density at radius 1 is 1.29 bits per heavy atom. The standard InChI is InChI=1S/C18H21N3O3/c1-13(20-8-6-19-12-20)18(22)21-7-2-3-15(21)14-4-5-16-17(11-14)24-10-9-23-16/h4-6,8,11-13,15H,2-3,7,9-10H2,1H3/t13-,15+/m1/s1. The fourth-order valence-corrected chi connectivity index (χ4v) is 3.51. The lowest BCUT2D eigenvalue weighted by molar-refractivity contribution is -0.135. The summed E-state index contributed by atoms with van der Waals surface area (Å²) in [6.45, 7) is 3.87. The van der Waals surface area contributed by atoms with Crippen LogP contribution in [0.2, 0.25) is 0 Å². The molecule has 2 aliphatic heterocycles. The average molecular weight is 327 g/mol. The predicted molar refractivity (Wildman–Crippen MR) is 88.1 cm³/mol. The van der Waals surface area contributed by atoms with Gasteiger partial charge in [-0.05, 0) is 37.5 Å². The number of aromatic nitrogens is 2. The third-order valence-corrected chi connectivity index (χ3v) is 4.82. The summed E-state index contributed by atoms with van der Waals surface area (Å²) in [5.74, 6) is 1.69. The highest BCUT2D eigenvalue weighted by Gasteiger charge is 2.33. The van der Waals surface area contributed by atoms with Crippen molar-refractivity contribution in [2.75, 3.05) is 19.8 Å². The number of hydrogen-bond acceptors (Lipinski definition) is 4. The van der Waals surface area contributed by atoms with E-state index in [0.29, 0.717) is 13.2 Å². The number of ether oxygens (including phenoxy) is 2. The van der Waals surface area contributed by atoms with Gasteiger partial charge in [0, 0.05) is 18.9 Å². The summed E-state index contributed by atoms with van der Waals surface area (Å²) in [6.07, 6.45) is 7.21. The fourth-order valence-electron chi connectivity index (χ4n) is 3.51. The second-order valence-corrected chi connectivity index (χ2v) is 6.28. The number of hydrogen-bond donors (Lipinski definition) is 0. The van der Waals surface area contributed by atoms with Crippen molar-refractivity contribution in [1.29, 1.82) is 0 Å². The lowest BCUT2D eigenvalue weighted by atomic mass is 10.0. The first-order chi connectivity index (χ1) is 11.7. The zero-order chi connectivity index (χ0) is 16.5. The highest BCUT2D eigenvalue weighted by molar-refractivity contribution is 5.81. The maximum absolute atomic E-state index is 12.9. The van der Waals surface area contributed by atoms with E-state index in [0.717, 1.165) is 36.4 Å². The van der Waals surface area contributed by atoms with Gasteiger partial charge in [0.25, 0.3) is 0 Å². The molecule has 24 heavy (non-hydrogen) atoms. The lowest BCUT2D eigenvalue weighted by Crippen LogP contribution is -2.35. The Labute approximate surface area is 141 Å². The van der Waals surface area contributed by atoms with Gasteiger partial charge in [0.15, 0.2) is 11.5 Å². The van der Waals surface area contributed by atoms with Crippen molar-refractivity contribution < 1.29 is 14.3 Å². The summed E-state index contributed by atoms with van der Waals surface area (Å²) < 4.78 is 13.1. The molecule has 0 N–H and O–H groups in total. The first-order valence-electron chi connectivity index (χ1n) is 8.41. The molecule has 0 spiro atoms. The Bertz CT molecular complexity index is 729. The van der Waals surface area contributed by atoms with Gasteiger partial charge in [0.2, 0.25) is 5.91 Å². The molecule has 0 aliphatic carbocycles. The highest BCUT2D eigenvalue weighted by Crippen LogP contribution is 2.38. The minimum atomic E-state index is -0.245. The first-order valence-corrected chi connectivity index (χ1v) is 8.41. The van der Waals surface area contributed by atoms with E-state index < -0.39 is 0 Å². The van der Waals surface area contributed by atoms with Gasteiger partial charge in [0.1, 0.15) is 19.3 Å². The van der Waals surface area contributed by atoms with Crippen molar-refractivity contribution >= 4 is 5.91 Å². The van der Waals surface area contributed by atoms with Gasteiger partial charge >= 0.3 is 0 Å². The van der Waals surface area contributed by atoms with Crippen molar-refractivity contribution in [2.45, 2.75) is 31.8 Å². The molecule has 126 valence electrons. The molecule has 0 unspecified atom stereocenters. The van der Waals surface area contributed by atoms with Crippen LogP contribution >= 0.6 is 0 Å². The van der Waals surface area contributed by atoms with Crippen LogP contribution in [0, 0.1) is 0 Å². The third-order valence-electron chi connectivity index (χ3n) is 4.82. The number of likely N-dealkylation sites (tertiary alicyclic amines) is 1. The Morgan fingerprint density at radius 2 is 2.12 bits per heavy atom. The number of rotatable bonds is 3. The van der Waals surface area contributed by atoms with E-state index in [1.54, 1.807) is 12.5 Å². The first kappa shape index (κ1) is 15.1. The maximum Gasteiger partial charge on any atom is 0.245 e. The molecule has 1 saturated heterocycles. The Morgan fingerprint density at radius 3 is 2.92 bits per heavy atom. The molecule has 1 aromatic heterocycles. The van der Waals surface area contributed by atoms with Gasteiger partial charge in [-0.1, -0.05) is 6.07 Å². The van der Waals surface area contributed by atoms with E-state index in [2.05, 4.69) is 4.98 Å². The predicted octanol–water partition coefficient (Wildman–Crippen LogP) is 2.58. The molecule has 0 bridgehead atoms. The Hall–Kier alpha value is -2.50. The average Bonchev–Trinajstić information content (AvgIpc) is 3.31. The summed E-state index contributed by atoms with van der Waals surface area (Å²) in [5, 5.41) is 0. The second kappa shape index (κ2) is 6.19. The summed E-state index contributed by atoms with van der Waals surface area (Å²) in [5.41, 5.74) is 1.11. The lowest BCUT2D eigenvalue weighted by Gasteiger charge is -2.29.